The molecule has 9 rings (SSSR count). The van der Waals surface area contributed by atoms with E-state index < -0.39 is 0 Å². The van der Waals surface area contributed by atoms with Crippen molar-refractivity contribution < 1.29 is 0 Å². The topological polar surface area (TPSA) is 38.7 Å². The lowest BCUT2D eigenvalue weighted by atomic mass is 9.93. The lowest BCUT2D eigenvalue weighted by molar-refractivity contribution is 1.37. The third kappa shape index (κ3) is 3.50. The van der Waals surface area contributed by atoms with Crippen LogP contribution in [0.15, 0.2) is 140 Å². The van der Waals surface area contributed by atoms with E-state index in [1.807, 2.05) is 12.3 Å². The highest BCUT2D eigenvalue weighted by molar-refractivity contribution is 6.25. The minimum Gasteiger partial charge on any atom is -0.254 e. The molecule has 0 spiro atoms. The molecule has 0 aliphatic carbocycles. The molecule has 3 heteroatoms. The van der Waals surface area contributed by atoms with Gasteiger partial charge in [0.05, 0.1) is 27.9 Å². The highest BCUT2D eigenvalue weighted by Crippen LogP contribution is 2.37. The monoisotopic (exact) mass is 533 g/mol. The van der Waals surface area contributed by atoms with Crippen LogP contribution < -0.4 is 0 Å². The van der Waals surface area contributed by atoms with Crippen LogP contribution in [0.4, 0.5) is 0 Å². The Morgan fingerprint density at radius 2 is 0.929 bits per heavy atom. The van der Waals surface area contributed by atoms with Gasteiger partial charge >= 0.3 is 0 Å². The summed E-state index contributed by atoms with van der Waals surface area (Å²) in [6.07, 6.45) is 1.83. The average Bonchev–Trinajstić information content (AvgIpc) is 3.07. The molecule has 0 N–H and O–H groups in total. The first kappa shape index (κ1) is 23.1. The maximum atomic E-state index is 5.09. The van der Waals surface area contributed by atoms with Gasteiger partial charge in [0.15, 0.2) is 0 Å². The van der Waals surface area contributed by atoms with Crippen molar-refractivity contribution in [3.8, 4) is 22.5 Å². The van der Waals surface area contributed by atoms with Crippen molar-refractivity contribution in [3.05, 3.63) is 140 Å². The van der Waals surface area contributed by atoms with Crippen LogP contribution in [-0.4, -0.2) is 15.0 Å². The molecular formula is C39H23N3. The van der Waals surface area contributed by atoms with Crippen LogP contribution in [0.2, 0.25) is 0 Å². The normalized spacial score (nSPS) is 11.8. The van der Waals surface area contributed by atoms with Gasteiger partial charge in [0.2, 0.25) is 0 Å². The minimum atomic E-state index is 0.927. The first-order chi connectivity index (χ1) is 20.8. The molecule has 0 aliphatic heterocycles. The molecule has 0 saturated heterocycles. The Morgan fingerprint density at radius 3 is 1.69 bits per heavy atom. The standard InChI is InChI=1S/C39H23N3/c1-2-9-31-29(7-1)30-8-3-4-10-32(30)34-23-28(13-17-33(31)34)36-20-15-26-22-27(16-19-35(26)41-36)37-18-14-25-12-11-24-6-5-21-40-38(24)39(25)42-37/h1-23H. The van der Waals surface area contributed by atoms with E-state index >= 15 is 0 Å². The molecule has 6 aromatic carbocycles. The van der Waals surface area contributed by atoms with Crippen molar-refractivity contribution in [1.29, 1.82) is 0 Å². The van der Waals surface area contributed by atoms with Gasteiger partial charge in [-0.1, -0.05) is 97.1 Å². The van der Waals surface area contributed by atoms with Crippen LogP contribution in [0, 0.1) is 0 Å². The van der Waals surface area contributed by atoms with E-state index in [-0.39, 0.29) is 0 Å². The first-order valence-corrected chi connectivity index (χ1v) is 14.2. The number of hydrogen-bond donors (Lipinski definition) is 0. The minimum absolute atomic E-state index is 0.927. The molecule has 0 amide bonds. The van der Waals surface area contributed by atoms with E-state index in [0.717, 1.165) is 55.2 Å². The maximum Gasteiger partial charge on any atom is 0.0972 e. The fourth-order valence-electron chi connectivity index (χ4n) is 6.40. The summed E-state index contributed by atoms with van der Waals surface area (Å²) in [6.45, 7) is 0. The highest BCUT2D eigenvalue weighted by Gasteiger charge is 2.11. The molecular weight excluding hydrogens is 510 g/mol. The first-order valence-electron chi connectivity index (χ1n) is 14.2. The summed E-state index contributed by atoms with van der Waals surface area (Å²) in [4.78, 5) is 14.7. The van der Waals surface area contributed by atoms with Crippen molar-refractivity contribution >= 4 is 65.0 Å². The molecule has 9 aromatic rings. The Hall–Kier alpha value is -5.67. The molecule has 0 bridgehead atoms. The second kappa shape index (κ2) is 8.92. The molecule has 3 heterocycles. The molecule has 194 valence electrons. The van der Waals surface area contributed by atoms with E-state index in [0.29, 0.717) is 0 Å². The van der Waals surface area contributed by atoms with Gasteiger partial charge in [-0.2, -0.15) is 0 Å². The van der Waals surface area contributed by atoms with Gasteiger partial charge in [0.1, 0.15) is 0 Å². The second-order valence-electron chi connectivity index (χ2n) is 10.9. The summed E-state index contributed by atoms with van der Waals surface area (Å²) in [5.74, 6) is 0. The Labute approximate surface area is 241 Å². The quantitative estimate of drug-likeness (QED) is 0.208. The predicted molar refractivity (Wildman–Crippen MR) is 176 cm³/mol. The molecule has 0 unspecified atom stereocenters. The summed E-state index contributed by atoms with van der Waals surface area (Å²) in [6, 6.07) is 47.3. The maximum absolute atomic E-state index is 5.09. The van der Waals surface area contributed by atoms with E-state index in [9.17, 15) is 0 Å². The van der Waals surface area contributed by atoms with Crippen molar-refractivity contribution in [2.24, 2.45) is 0 Å². The van der Waals surface area contributed by atoms with Gasteiger partial charge < -0.3 is 0 Å². The van der Waals surface area contributed by atoms with Crippen LogP contribution in [-0.2, 0) is 0 Å². The van der Waals surface area contributed by atoms with Gasteiger partial charge in [0, 0.05) is 33.5 Å². The zero-order valence-corrected chi connectivity index (χ0v) is 22.6. The largest absolute Gasteiger partial charge is 0.254 e. The smallest absolute Gasteiger partial charge is 0.0972 e. The summed E-state index contributed by atoms with van der Waals surface area (Å²) < 4.78 is 0. The van der Waals surface area contributed by atoms with Crippen molar-refractivity contribution in [3.63, 3.8) is 0 Å². The Morgan fingerprint density at radius 1 is 0.357 bits per heavy atom. The van der Waals surface area contributed by atoms with Gasteiger partial charge in [-0.05, 0) is 68.7 Å². The highest BCUT2D eigenvalue weighted by atomic mass is 14.8. The van der Waals surface area contributed by atoms with Crippen LogP contribution >= 0.6 is 0 Å². The van der Waals surface area contributed by atoms with E-state index in [2.05, 4.69) is 132 Å². The fraction of sp³-hybridized carbons (Fsp3) is 0. The average molecular weight is 534 g/mol. The van der Waals surface area contributed by atoms with Crippen LogP contribution in [0.5, 0.6) is 0 Å². The van der Waals surface area contributed by atoms with Gasteiger partial charge in [-0.25, -0.2) is 9.97 Å². The summed E-state index contributed by atoms with van der Waals surface area (Å²) >= 11 is 0. The zero-order chi connectivity index (χ0) is 27.6. The van der Waals surface area contributed by atoms with E-state index in [1.54, 1.807) is 0 Å². The number of hydrogen-bond acceptors (Lipinski definition) is 3. The van der Waals surface area contributed by atoms with E-state index in [1.165, 1.54) is 32.3 Å². The van der Waals surface area contributed by atoms with Gasteiger partial charge in [-0.3, -0.25) is 4.98 Å². The summed E-state index contributed by atoms with van der Waals surface area (Å²) in [5.41, 5.74) is 6.90. The van der Waals surface area contributed by atoms with E-state index in [4.69, 9.17) is 9.97 Å². The summed E-state index contributed by atoms with van der Waals surface area (Å²) in [7, 11) is 0. The molecule has 3 nitrogen and oxygen atoms in total. The number of fused-ring (bicyclic) bond motifs is 10. The van der Waals surface area contributed by atoms with Gasteiger partial charge in [0.25, 0.3) is 0 Å². The zero-order valence-electron chi connectivity index (χ0n) is 22.6. The Balaban J connectivity index is 1.16. The van der Waals surface area contributed by atoms with Crippen molar-refractivity contribution in [1.82, 2.24) is 15.0 Å². The molecule has 0 saturated carbocycles. The van der Waals surface area contributed by atoms with Crippen LogP contribution in [0.25, 0.3) is 87.5 Å². The SMILES string of the molecule is c1cnc2c(c1)ccc1ccc(-c3ccc4nc(-c5ccc6c7ccccc7c7ccccc7c6c5)ccc4c3)nc12. The number of benzene rings is 6. The third-order valence-electron chi connectivity index (χ3n) is 8.46. The van der Waals surface area contributed by atoms with Gasteiger partial charge in [-0.15, -0.1) is 0 Å². The number of rotatable bonds is 2. The van der Waals surface area contributed by atoms with Crippen molar-refractivity contribution in [2.75, 3.05) is 0 Å². The molecule has 0 radical (unpaired) electrons. The number of aromatic nitrogens is 3. The Bertz CT molecular complexity index is 2500. The lowest BCUT2D eigenvalue weighted by Crippen LogP contribution is -1.90. The van der Waals surface area contributed by atoms with Crippen LogP contribution in [0.1, 0.15) is 0 Å². The molecule has 42 heavy (non-hydrogen) atoms. The van der Waals surface area contributed by atoms with Crippen LogP contribution in [0.3, 0.4) is 0 Å². The lowest BCUT2D eigenvalue weighted by Gasteiger charge is -2.12. The molecule has 0 aliphatic rings. The second-order valence-corrected chi connectivity index (χ2v) is 10.9. The number of nitrogens with zero attached hydrogens (tertiary/aromatic N) is 3. The fourth-order valence-corrected chi connectivity index (χ4v) is 6.40. The summed E-state index contributed by atoms with van der Waals surface area (Å²) in [5, 5.41) is 10.9. The molecule has 3 aromatic heterocycles. The number of pyridine rings is 3. The Kier molecular flexibility index (Phi) is 4.90. The third-order valence-corrected chi connectivity index (χ3v) is 8.46. The molecule has 0 fully saturated rings. The predicted octanol–water partition coefficient (Wildman–Crippen LogP) is 10.1. The van der Waals surface area contributed by atoms with Crippen molar-refractivity contribution in [2.45, 2.75) is 0 Å². The molecule has 0 atom stereocenters.